The summed E-state index contributed by atoms with van der Waals surface area (Å²) in [6.45, 7) is 7.33. The van der Waals surface area contributed by atoms with Crippen molar-refractivity contribution in [2.75, 3.05) is 47.6 Å². The molecule has 0 aromatic heterocycles. The van der Waals surface area contributed by atoms with Crippen LogP contribution in [0.5, 0.6) is 11.5 Å². The summed E-state index contributed by atoms with van der Waals surface area (Å²) in [7, 11) is 4.53. The van der Waals surface area contributed by atoms with Crippen LogP contribution < -0.4 is 25.4 Å². The molecule has 71 heavy (non-hydrogen) atoms. The SMILES string of the molecule is C=CCOC(=O)N(C)[C@@H](CC(C)C)C(=O)N(C)[C@H](COCc1ccccc1)C(=O)N[C@@H](COc1ccc2ccccc2c1C(=O)N[C@@H](CC(=O)O)C(=O)NCCc1cccc(OC)c1)Cc1ccccc1. The van der Waals surface area contributed by atoms with Crippen LogP contribution in [0.4, 0.5) is 4.79 Å². The van der Waals surface area contributed by atoms with Crippen molar-refractivity contribution in [2.45, 2.75) is 70.3 Å². The zero-order chi connectivity index (χ0) is 51.3. The van der Waals surface area contributed by atoms with Gasteiger partial charge in [-0.3, -0.25) is 28.9 Å². The Morgan fingerprint density at radius 2 is 1.42 bits per heavy atom. The summed E-state index contributed by atoms with van der Waals surface area (Å²) in [6, 6.07) is 32.2. The Labute approximate surface area is 415 Å². The number of carbonyl (C=O) groups excluding carboxylic acids is 5. The molecule has 16 heteroatoms. The van der Waals surface area contributed by atoms with Crippen LogP contribution in [0.1, 0.15) is 53.7 Å². The standard InChI is InChI=1S/C55H65N5O11/c1-7-29-70-55(67)60(5)46(30-37(2)3)54(66)59(4)47(36-69-34-40-19-12-9-13-20-40)52(64)57-42(31-38-17-10-8-11-18-38)35-71-48-26-25-41-22-14-15-24-44(41)50(48)53(65)58-45(33-49(61)62)51(63)56-28-27-39-21-16-23-43(32-39)68-6/h7-26,32,37,42,45-47H,1,27-31,33-36H2,2-6H3,(H,56,63)(H,57,64)(H,58,65)(H,61,62)/t42-,45+,46+,47-/m1/s1. The number of carbonyl (C=O) groups is 6. The van der Waals surface area contributed by atoms with Gasteiger partial charge in [-0.05, 0) is 70.8 Å². The van der Waals surface area contributed by atoms with Gasteiger partial charge in [-0.25, -0.2) is 4.79 Å². The fraction of sp³-hybridized carbons (Fsp3) is 0.345. The van der Waals surface area contributed by atoms with Crippen LogP contribution in [0.2, 0.25) is 0 Å². The highest BCUT2D eigenvalue weighted by Crippen LogP contribution is 2.29. The minimum absolute atomic E-state index is 0.0151. The lowest BCUT2D eigenvalue weighted by Gasteiger charge is -2.35. The second kappa shape index (κ2) is 27.5. The van der Waals surface area contributed by atoms with Crippen LogP contribution in [0.25, 0.3) is 10.8 Å². The summed E-state index contributed by atoms with van der Waals surface area (Å²) in [4.78, 5) is 84.8. The Hall–Kier alpha value is -7.72. The number of fused-ring (bicyclic) bond motifs is 1. The number of aliphatic carboxylic acids is 1. The van der Waals surface area contributed by atoms with Gasteiger partial charge < -0.3 is 44.9 Å². The van der Waals surface area contributed by atoms with Crippen LogP contribution in [0, 0.1) is 5.92 Å². The fourth-order valence-electron chi connectivity index (χ4n) is 7.88. The van der Waals surface area contributed by atoms with Gasteiger partial charge in [0.05, 0.1) is 38.3 Å². The number of nitrogens with one attached hydrogen (secondary N) is 3. The van der Waals surface area contributed by atoms with E-state index in [4.69, 9.17) is 18.9 Å². The molecule has 5 amide bonds. The molecule has 0 unspecified atom stereocenters. The lowest BCUT2D eigenvalue weighted by molar-refractivity contribution is -0.145. The first-order valence-electron chi connectivity index (χ1n) is 23.5. The zero-order valence-electron chi connectivity index (χ0n) is 41.0. The van der Waals surface area contributed by atoms with Crippen LogP contribution in [-0.2, 0) is 48.1 Å². The summed E-state index contributed by atoms with van der Waals surface area (Å²) < 4.78 is 23.2. The molecule has 0 saturated heterocycles. The zero-order valence-corrected chi connectivity index (χ0v) is 41.0. The normalized spacial score (nSPS) is 12.6. The Balaban J connectivity index is 1.42. The first-order chi connectivity index (χ1) is 34.2. The van der Waals surface area contributed by atoms with Gasteiger partial charge >= 0.3 is 12.1 Å². The molecule has 376 valence electrons. The van der Waals surface area contributed by atoms with Crippen LogP contribution in [-0.4, -0.2) is 122 Å². The van der Waals surface area contributed by atoms with Crippen LogP contribution in [0.3, 0.4) is 0 Å². The summed E-state index contributed by atoms with van der Waals surface area (Å²) in [5.41, 5.74) is 2.65. The number of benzene rings is 5. The van der Waals surface area contributed by atoms with Crippen LogP contribution >= 0.6 is 0 Å². The van der Waals surface area contributed by atoms with E-state index in [1.165, 1.54) is 30.0 Å². The number of methoxy groups -OCH3 is 1. The number of hydrogen-bond acceptors (Lipinski definition) is 10. The summed E-state index contributed by atoms with van der Waals surface area (Å²) in [6.07, 6.45) is 0.988. The molecule has 0 aliphatic carbocycles. The Morgan fingerprint density at radius 3 is 2.10 bits per heavy atom. The molecule has 0 bridgehead atoms. The molecule has 0 spiro atoms. The summed E-state index contributed by atoms with van der Waals surface area (Å²) in [5, 5.41) is 19.5. The average molecular weight is 972 g/mol. The lowest BCUT2D eigenvalue weighted by Crippen LogP contribution is -2.58. The number of carboxylic acids is 1. The maximum absolute atomic E-state index is 14.7. The minimum Gasteiger partial charge on any atom is -0.497 e. The molecule has 0 aliphatic heterocycles. The van der Waals surface area contributed by atoms with Crippen LogP contribution in [0.15, 0.2) is 134 Å². The van der Waals surface area contributed by atoms with Crippen molar-refractivity contribution < 1.29 is 52.8 Å². The molecule has 5 aromatic carbocycles. The van der Waals surface area contributed by atoms with Crippen molar-refractivity contribution in [3.8, 4) is 11.5 Å². The molecule has 0 radical (unpaired) electrons. The second-order valence-electron chi connectivity index (χ2n) is 17.5. The van der Waals surface area contributed by atoms with E-state index in [1.54, 1.807) is 49.6 Å². The Morgan fingerprint density at radius 1 is 0.746 bits per heavy atom. The van der Waals surface area contributed by atoms with Gasteiger partial charge in [0.1, 0.15) is 42.8 Å². The minimum atomic E-state index is -1.44. The van der Waals surface area contributed by atoms with Crippen molar-refractivity contribution in [1.82, 2.24) is 25.8 Å². The molecule has 0 aliphatic rings. The third-order valence-corrected chi connectivity index (χ3v) is 11.6. The predicted octanol–water partition coefficient (Wildman–Crippen LogP) is 6.60. The number of ether oxygens (including phenoxy) is 4. The number of carboxylic acid groups (broad SMARTS) is 1. The van der Waals surface area contributed by atoms with Gasteiger partial charge in [0.25, 0.3) is 5.91 Å². The van der Waals surface area contributed by atoms with E-state index in [1.807, 2.05) is 92.7 Å². The Kier molecular flexibility index (Phi) is 21.0. The molecule has 4 N–H and O–H groups in total. The number of likely N-dealkylation sites (N-methyl/N-ethyl adjacent to an activating group) is 2. The highest BCUT2D eigenvalue weighted by molar-refractivity contribution is 6.10. The maximum Gasteiger partial charge on any atom is 0.410 e. The number of hydrogen-bond donors (Lipinski definition) is 4. The first-order valence-corrected chi connectivity index (χ1v) is 23.5. The summed E-state index contributed by atoms with van der Waals surface area (Å²) in [5.74, 6) is -3.05. The Bertz CT molecular complexity index is 2570. The van der Waals surface area contributed by atoms with Gasteiger partial charge in [0.15, 0.2) is 0 Å². The van der Waals surface area contributed by atoms with E-state index < -0.39 is 66.3 Å². The second-order valence-corrected chi connectivity index (χ2v) is 17.5. The third-order valence-electron chi connectivity index (χ3n) is 11.6. The molecule has 16 nitrogen and oxygen atoms in total. The number of rotatable bonds is 27. The van der Waals surface area contributed by atoms with E-state index in [-0.39, 0.29) is 63.0 Å². The number of amides is 5. The molecular weight excluding hydrogens is 907 g/mol. The topological polar surface area (TPSA) is 202 Å². The largest absolute Gasteiger partial charge is 0.497 e. The van der Waals surface area contributed by atoms with Gasteiger partial charge in [0, 0.05) is 20.6 Å². The fourth-order valence-corrected chi connectivity index (χ4v) is 7.88. The maximum atomic E-state index is 14.7. The van der Waals surface area contributed by atoms with E-state index in [9.17, 15) is 33.9 Å². The molecule has 0 saturated carbocycles. The highest BCUT2D eigenvalue weighted by Gasteiger charge is 2.37. The smallest absolute Gasteiger partial charge is 0.410 e. The van der Waals surface area contributed by atoms with E-state index in [0.717, 1.165) is 16.7 Å². The van der Waals surface area contributed by atoms with Gasteiger partial charge in [0.2, 0.25) is 17.7 Å². The van der Waals surface area contributed by atoms with Crippen molar-refractivity contribution in [3.63, 3.8) is 0 Å². The molecule has 4 atom stereocenters. The van der Waals surface area contributed by atoms with Crippen molar-refractivity contribution in [2.24, 2.45) is 5.92 Å². The van der Waals surface area contributed by atoms with Gasteiger partial charge in [-0.2, -0.15) is 0 Å². The lowest BCUT2D eigenvalue weighted by atomic mass is 10.0. The highest BCUT2D eigenvalue weighted by atomic mass is 16.6. The molecule has 5 aromatic rings. The molecule has 0 heterocycles. The third kappa shape index (κ3) is 16.5. The van der Waals surface area contributed by atoms with Gasteiger partial charge in [-0.1, -0.05) is 130 Å². The molecule has 0 fully saturated rings. The number of nitrogens with zero attached hydrogens (tertiary/aromatic N) is 2. The van der Waals surface area contributed by atoms with Gasteiger partial charge in [-0.15, -0.1) is 0 Å². The molecular formula is C55H65N5O11. The predicted molar refractivity (Wildman–Crippen MR) is 270 cm³/mol. The van der Waals surface area contributed by atoms with Crippen molar-refractivity contribution in [3.05, 3.63) is 156 Å². The van der Waals surface area contributed by atoms with E-state index in [0.29, 0.717) is 22.9 Å². The van der Waals surface area contributed by atoms with Crippen molar-refractivity contribution >= 4 is 46.5 Å². The summed E-state index contributed by atoms with van der Waals surface area (Å²) >= 11 is 0. The molecule has 5 rings (SSSR count). The van der Waals surface area contributed by atoms with Crippen molar-refractivity contribution in [1.29, 1.82) is 0 Å². The average Bonchev–Trinajstić information content (AvgIpc) is 3.37. The van der Waals surface area contributed by atoms with E-state index in [2.05, 4.69) is 22.5 Å². The first kappa shape index (κ1) is 54.2. The van der Waals surface area contributed by atoms with E-state index >= 15 is 0 Å². The monoisotopic (exact) mass is 971 g/mol. The quantitative estimate of drug-likeness (QED) is 0.0413.